The van der Waals surface area contributed by atoms with Gasteiger partial charge in [-0.05, 0) is 41.3 Å². The molecule has 1 heterocycles. The van der Waals surface area contributed by atoms with Gasteiger partial charge in [0.2, 0.25) is 11.9 Å². The minimum Gasteiger partial charge on any atom is -0.381 e. The number of hydrogen-bond donors (Lipinski definition) is 1. The van der Waals surface area contributed by atoms with Crippen LogP contribution in [0.5, 0.6) is 0 Å². The van der Waals surface area contributed by atoms with Gasteiger partial charge < -0.3 is 10.1 Å². The van der Waals surface area contributed by atoms with Gasteiger partial charge in [-0.15, -0.1) is 0 Å². The van der Waals surface area contributed by atoms with Crippen LogP contribution in [0.4, 0.5) is 17.6 Å². The summed E-state index contributed by atoms with van der Waals surface area (Å²) < 4.78 is 58.3. The number of alkyl halides is 3. The second-order valence-corrected chi connectivity index (χ2v) is 6.20. The van der Waals surface area contributed by atoms with E-state index in [1.807, 2.05) is 0 Å². The van der Waals surface area contributed by atoms with Gasteiger partial charge in [0, 0.05) is 19.2 Å². The van der Waals surface area contributed by atoms with Gasteiger partial charge in [0.1, 0.15) is 10.0 Å². The summed E-state index contributed by atoms with van der Waals surface area (Å²) in [5, 5.41) is 2.29. The number of amides is 1. The molecule has 1 N–H and O–H groups in total. The number of nitrogens with one attached hydrogen (secondary N) is 1. The third kappa shape index (κ3) is 3.65. The summed E-state index contributed by atoms with van der Waals surface area (Å²) in [5.41, 5.74) is -2.06. The summed E-state index contributed by atoms with van der Waals surface area (Å²) >= 11 is 3.01. The van der Waals surface area contributed by atoms with Gasteiger partial charge in [-0.1, -0.05) is 6.07 Å². The highest BCUT2D eigenvalue weighted by Gasteiger charge is 2.63. The Morgan fingerprint density at radius 1 is 1.52 bits per heavy atom. The molecule has 1 amide bonds. The number of aromatic nitrogens is 1. The molecule has 0 aromatic carbocycles. The van der Waals surface area contributed by atoms with Gasteiger partial charge in [-0.3, -0.25) is 4.79 Å². The Bertz CT molecular complexity index is 597. The maximum Gasteiger partial charge on any atom is 0.403 e. The van der Waals surface area contributed by atoms with Crippen LogP contribution in [0.1, 0.15) is 24.8 Å². The second kappa shape index (κ2) is 6.72. The Balaban J connectivity index is 2.13. The van der Waals surface area contributed by atoms with Crippen molar-refractivity contribution in [3.63, 3.8) is 0 Å². The van der Waals surface area contributed by atoms with E-state index >= 15 is 0 Å². The lowest BCUT2D eigenvalue weighted by Crippen LogP contribution is -2.49. The lowest BCUT2D eigenvalue weighted by molar-refractivity contribution is -0.222. The molecule has 1 aromatic heterocycles. The van der Waals surface area contributed by atoms with Crippen LogP contribution >= 0.6 is 15.9 Å². The highest BCUT2D eigenvalue weighted by Crippen LogP contribution is 2.51. The average Bonchev–Trinajstić information content (AvgIpc) is 2.91. The van der Waals surface area contributed by atoms with Crippen LogP contribution in [-0.2, 0) is 16.1 Å². The molecule has 1 aliphatic rings. The van der Waals surface area contributed by atoms with Gasteiger partial charge in [0.25, 0.3) is 0 Å². The van der Waals surface area contributed by atoms with Crippen molar-refractivity contribution < 1.29 is 27.1 Å². The Labute approximate surface area is 138 Å². The molecule has 1 saturated carbocycles. The SMILES string of the molecule is CO[C@@H]1CC[C@@](C(=O)NCc2ccc(F)nc2Br)(C(F)(F)F)C1. The third-order valence-electron chi connectivity index (χ3n) is 4.11. The molecular formula is C14H15BrF4N2O2. The molecule has 1 aliphatic carbocycles. The lowest BCUT2D eigenvalue weighted by Gasteiger charge is -2.30. The van der Waals surface area contributed by atoms with E-state index < -0.39 is 36.0 Å². The predicted molar refractivity (Wildman–Crippen MR) is 76.9 cm³/mol. The van der Waals surface area contributed by atoms with E-state index in [9.17, 15) is 22.4 Å². The van der Waals surface area contributed by atoms with Crippen molar-refractivity contribution >= 4 is 21.8 Å². The summed E-state index contributed by atoms with van der Waals surface area (Å²) in [6.45, 7) is -0.178. The molecule has 2 rings (SSSR count). The molecule has 0 unspecified atom stereocenters. The van der Waals surface area contributed by atoms with Gasteiger partial charge in [-0.25, -0.2) is 4.98 Å². The lowest BCUT2D eigenvalue weighted by atomic mass is 9.84. The largest absolute Gasteiger partial charge is 0.403 e. The maximum atomic E-state index is 13.4. The van der Waals surface area contributed by atoms with Crippen LogP contribution < -0.4 is 5.32 Å². The Morgan fingerprint density at radius 3 is 2.74 bits per heavy atom. The van der Waals surface area contributed by atoms with Crippen molar-refractivity contribution in [3.8, 4) is 0 Å². The second-order valence-electron chi connectivity index (χ2n) is 5.45. The molecular weight excluding hydrogens is 384 g/mol. The highest BCUT2D eigenvalue weighted by atomic mass is 79.9. The molecule has 0 bridgehead atoms. The van der Waals surface area contributed by atoms with Crippen molar-refractivity contribution in [2.75, 3.05) is 7.11 Å². The Hall–Kier alpha value is -1.22. The van der Waals surface area contributed by atoms with Crippen LogP contribution in [0.3, 0.4) is 0 Å². The fourth-order valence-corrected chi connectivity index (χ4v) is 3.15. The average molecular weight is 399 g/mol. The third-order valence-corrected chi connectivity index (χ3v) is 4.80. The fraction of sp³-hybridized carbons (Fsp3) is 0.571. The molecule has 1 fully saturated rings. The molecule has 23 heavy (non-hydrogen) atoms. The van der Waals surface area contributed by atoms with Gasteiger partial charge >= 0.3 is 6.18 Å². The standard InChI is InChI=1S/C14H15BrF4N2O2/c1-23-9-4-5-13(6-9,14(17,18)19)12(22)20-7-8-2-3-10(16)21-11(8)15/h2-3,9H,4-7H2,1H3,(H,20,22)/t9-,13-/m1/s1. The maximum absolute atomic E-state index is 13.4. The zero-order valence-corrected chi connectivity index (χ0v) is 13.8. The van der Waals surface area contributed by atoms with Gasteiger partial charge in [0.05, 0.1) is 6.10 Å². The first-order chi connectivity index (χ1) is 10.7. The first kappa shape index (κ1) is 18.1. The molecule has 0 spiro atoms. The number of carbonyl (C=O) groups excluding carboxylic acids is 1. The minimum absolute atomic E-state index is 0.139. The molecule has 4 nitrogen and oxygen atoms in total. The summed E-state index contributed by atoms with van der Waals surface area (Å²) in [7, 11) is 1.33. The van der Waals surface area contributed by atoms with E-state index in [0.29, 0.717) is 5.56 Å². The predicted octanol–water partition coefficient (Wildman–Crippen LogP) is 3.35. The highest BCUT2D eigenvalue weighted by molar-refractivity contribution is 9.10. The van der Waals surface area contributed by atoms with Crippen molar-refractivity contribution in [1.82, 2.24) is 10.3 Å². The fourth-order valence-electron chi connectivity index (χ4n) is 2.71. The monoisotopic (exact) mass is 398 g/mol. The van der Waals surface area contributed by atoms with E-state index in [1.54, 1.807) is 0 Å². The van der Waals surface area contributed by atoms with Gasteiger partial charge in [0.15, 0.2) is 0 Å². The van der Waals surface area contributed by atoms with Crippen molar-refractivity contribution in [3.05, 3.63) is 28.2 Å². The van der Waals surface area contributed by atoms with Crippen molar-refractivity contribution in [2.45, 2.75) is 38.1 Å². The summed E-state index contributed by atoms with van der Waals surface area (Å²) in [5.74, 6) is -1.82. The molecule has 0 aliphatic heterocycles. The van der Waals surface area contributed by atoms with E-state index in [-0.39, 0.29) is 24.0 Å². The van der Waals surface area contributed by atoms with E-state index in [4.69, 9.17) is 4.74 Å². The molecule has 2 atom stereocenters. The van der Waals surface area contributed by atoms with E-state index in [0.717, 1.165) is 6.07 Å². The first-order valence-electron chi connectivity index (χ1n) is 6.88. The topological polar surface area (TPSA) is 51.2 Å². The van der Waals surface area contributed by atoms with Crippen LogP contribution in [0.15, 0.2) is 16.7 Å². The summed E-state index contributed by atoms with van der Waals surface area (Å²) in [6.07, 6.45) is -5.80. The van der Waals surface area contributed by atoms with Crippen LogP contribution in [0.25, 0.3) is 0 Å². The number of rotatable bonds is 4. The minimum atomic E-state index is -4.66. The van der Waals surface area contributed by atoms with Crippen LogP contribution in [0, 0.1) is 11.4 Å². The number of nitrogens with zero attached hydrogens (tertiary/aromatic N) is 1. The van der Waals surface area contributed by atoms with Crippen LogP contribution in [-0.4, -0.2) is 30.3 Å². The number of pyridine rings is 1. The van der Waals surface area contributed by atoms with E-state index in [2.05, 4.69) is 26.2 Å². The molecule has 0 saturated heterocycles. The first-order valence-corrected chi connectivity index (χ1v) is 7.67. The number of carbonyl (C=O) groups is 1. The quantitative estimate of drug-likeness (QED) is 0.624. The summed E-state index contributed by atoms with van der Waals surface area (Å²) in [4.78, 5) is 15.7. The molecule has 0 radical (unpaired) electrons. The Kier molecular flexibility index (Phi) is 5.30. The molecule has 1 aromatic rings. The zero-order chi connectivity index (χ0) is 17.3. The molecule has 128 valence electrons. The van der Waals surface area contributed by atoms with Crippen molar-refractivity contribution in [2.24, 2.45) is 5.41 Å². The number of halogens is 5. The van der Waals surface area contributed by atoms with E-state index in [1.165, 1.54) is 13.2 Å². The normalized spacial score (nSPS) is 24.7. The smallest absolute Gasteiger partial charge is 0.381 e. The molecule has 9 heteroatoms. The zero-order valence-electron chi connectivity index (χ0n) is 12.2. The Morgan fingerprint density at radius 2 is 2.22 bits per heavy atom. The van der Waals surface area contributed by atoms with Crippen LogP contribution in [0.2, 0.25) is 0 Å². The summed E-state index contributed by atoms with van der Waals surface area (Å²) in [6, 6.07) is 2.42. The number of hydrogen-bond acceptors (Lipinski definition) is 3. The number of methoxy groups -OCH3 is 1. The number of ether oxygens (including phenoxy) is 1. The van der Waals surface area contributed by atoms with Gasteiger partial charge in [-0.2, -0.15) is 17.6 Å². The van der Waals surface area contributed by atoms with Crippen molar-refractivity contribution in [1.29, 1.82) is 0 Å².